The third kappa shape index (κ3) is 5.94. The van der Waals surface area contributed by atoms with Crippen LogP contribution < -0.4 is 0 Å². The summed E-state index contributed by atoms with van der Waals surface area (Å²) in [6, 6.07) is 6.41. The molecule has 0 unspecified atom stereocenters. The number of rotatable bonds is 1. The smallest absolute Gasteiger partial charge is 0.264 e. The molecule has 0 aliphatic heterocycles. The van der Waals surface area contributed by atoms with Crippen LogP contribution in [-0.2, 0) is 19.4 Å². The zero-order valence-electron chi connectivity index (χ0n) is 9.13. The number of nitrogens with zero attached hydrogens (tertiary/aromatic N) is 1. The highest BCUT2D eigenvalue weighted by Crippen LogP contribution is 2.20. The second kappa shape index (κ2) is 5.80. The molecule has 1 heterocycles. The Morgan fingerprint density at radius 3 is 2.11 bits per heavy atom. The monoisotopic (exact) mass is 325 g/mol. The van der Waals surface area contributed by atoms with Crippen LogP contribution in [0.5, 0.6) is 0 Å². The van der Waals surface area contributed by atoms with Crippen molar-refractivity contribution in [2.45, 2.75) is 4.90 Å². The number of benzene rings is 1. The highest BCUT2D eigenvalue weighted by molar-refractivity contribution is 8.13. The molecule has 19 heavy (non-hydrogen) atoms. The Hall–Kier alpha value is -1.26. The van der Waals surface area contributed by atoms with Crippen LogP contribution >= 0.6 is 10.7 Å². The first kappa shape index (κ1) is 15.8. The molecule has 1 aromatic carbocycles. The van der Waals surface area contributed by atoms with E-state index in [2.05, 4.69) is 4.98 Å². The van der Waals surface area contributed by atoms with Gasteiger partial charge in [-0.05, 0) is 23.6 Å². The maximum atomic E-state index is 11.0. The summed E-state index contributed by atoms with van der Waals surface area (Å²) in [4.78, 5) is 4.03. The fourth-order valence-corrected chi connectivity index (χ4v) is 2.00. The third-order valence-corrected chi connectivity index (χ3v) is 3.25. The molecule has 7 nitrogen and oxygen atoms in total. The summed E-state index contributed by atoms with van der Waals surface area (Å²) in [6.07, 6.45) is 3.27. The number of hydrogen-bond acceptors (Lipinski definition) is 5. The molecule has 2 aromatic rings. The Bertz CT molecular complexity index is 779. The predicted molar refractivity (Wildman–Crippen MR) is 69.0 cm³/mol. The molecule has 0 saturated carbocycles. The number of hydrogen-bond donors (Lipinski definition) is 2. The van der Waals surface area contributed by atoms with Crippen LogP contribution in [0.25, 0.3) is 10.8 Å². The summed E-state index contributed by atoms with van der Waals surface area (Å²) in [5.41, 5.74) is 0. The van der Waals surface area contributed by atoms with E-state index < -0.39 is 19.4 Å². The molecule has 0 amide bonds. The molecule has 0 aliphatic carbocycles. The van der Waals surface area contributed by atoms with Gasteiger partial charge in [-0.25, -0.2) is 8.42 Å². The molecule has 1 aromatic heterocycles. The van der Waals surface area contributed by atoms with Crippen LogP contribution in [-0.4, -0.2) is 30.9 Å². The molecule has 0 saturated heterocycles. The van der Waals surface area contributed by atoms with E-state index in [1.807, 2.05) is 0 Å². The fraction of sp³-hybridized carbons (Fsp3) is 0. The first-order valence-corrected chi connectivity index (χ1v) is 8.26. The Labute approximate surface area is 113 Å². The number of aromatic nitrogens is 1. The van der Waals surface area contributed by atoms with Crippen LogP contribution in [0.3, 0.4) is 0 Å². The van der Waals surface area contributed by atoms with E-state index in [1.54, 1.807) is 24.5 Å². The van der Waals surface area contributed by atoms with Crippen LogP contribution in [0.15, 0.2) is 41.6 Å². The van der Waals surface area contributed by atoms with E-state index in [-0.39, 0.29) is 4.90 Å². The summed E-state index contributed by atoms with van der Waals surface area (Å²) in [7, 11) is -3.09. The topological polar surface area (TPSA) is 122 Å². The maximum Gasteiger partial charge on any atom is 0.394 e. The third-order valence-electron chi connectivity index (χ3n) is 1.89. The maximum absolute atomic E-state index is 11.0. The molecule has 10 heteroatoms. The van der Waals surface area contributed by atoms with Crippen molar-refractivity contribution in [2.24, 2.45) is 0 Å². The highest BCUT2D eigenvalue weighted by atomic mass is 35.7. The lowest BCUT2D eigenvalue weighted by molar-refractivity contribution is 0.381. The van der Waals surface area contributed by atoms with E-state index in [4.69, 9.17) is 28.2 Å². The SMILES string of the molecule is O=S(=O)(Cl)c1ccc2cnccc2c1.O=S(=O)(O)O. The molecule has 104 valence electrons. The van der Waals surface area contributed by atoms with Gasteiger partial charge in [-0.2, -0.15) is 8.42 Å². The Morgan fingerprint density at radius 2 is 1.58 bits per heavy atom. The van der Waals surface area contributed by atoms with Gasteiger partial charge in [0.2, 0.25) is 0 Å². The molecular weight excluding hydrogens is 318 g/mol. The minimum Gasteiger partial charge on any atom is -0.264 e. The van der Waals surface area contributed by atoms with Crippen molar-refractivity contribution in [1.82, 2.24) is 4.98 Å². The van der Waals surface area contributed by atoms with E-state index in [1.165, 1.54) is 12.1 Å². The first-order chi connectivity index (χ1) is 8.57. The fourth-order valence-electron chi connectivity index (χ4n) is 1.21. The lowest BCUT2D eigenvalue weighted by Crippen LogP contribution is -1.89. The first-order valence-electron chi connectivity index (χ1n) is 4.56. The van der Waals surface area contributed by atoms with Crippen molar-refractivity contribution in [3.63, 3.8) is 0 Å². The Kier molecular flexibility index (Phi) is 4.82. The van der Waals surface area contributed by atoms with Gasteiger partial charge in [0.05, 0.1) is 4.90 Å². The minimum atomic E-state index is -4.67. The van der Waals surface area contributed by atoms with Crippen molar-refractivity contribution < 1.29 is 25.9 Å². The summed E-state index contributed by atoms with van der Waals surface area (Å²) < 4.78 is 53.6. The van der Waals surface area contributed by atoms with Gasteiger partial charge in [0.25, 0.3) is 9.05 Å². The molecule has 2 rings (SSSR count). The number of pyridine rings is 1. The molecule has 0 aliphatic rings. The zero-order chi connectivity index (χ0) is 14.7. The van der Waals surface area contributed by atoms with Crippen molar-refractivity contribution in [1.29, 1.82) is 0 Å². The quantitative estimate of drug-likeness (QED) is 0.602. The van der Waals surface area contributed by atoms with Crippen LogP contribution in [0.4, 0.5) is 0 Å². The van der Waals surface area contributed by atoms with Gasteiger partial charge >= 0.3 is 10.4 Å². The zero-order valence-corrected chi connectivity index (χ0v) is 11.5. The van der Waals surface area contributed by atoms with Gasteiger partial charge in [-0.1, -0.05) is 6.07 Å². The van der Waals surface area contributed by atoms with E-state index >= 15 is 0 Å². The lowest BCUT2D eigenvalue weighted by atomic mass is 10.2. The van der Waals surface area contributed by atoms with Gasteiger partial charge in [-0.3, -0.25) is 14.1 Å². The second-order valence-corrected chi connectivity index (χ2v) is 6.73. The van der Waals surface area contributed by atoms with Crippen molar-refractivity contribution >= 4 is 40.9 Å². The van der Waals surface area contributed by atoms with Crippen LogP contribution in [0, 0.1) is 0 Å². The second-order valence-electron chi connectivity index (χ2n) is 3.27. The predicted octanol–water partition coefficient (Wildman–Crippen LogP) is 1.51. The van der Waals surface area contributed by atoms with Gasteiger partial charge in [0.1, 0.15) is 0 Å². The van der Waals surface area contributed by atoms with Gasteiger partial charge in [0, 0.05) is 28.5 Å². The largest absolute Gasteiger partial charge is 0.394 e. The number of halogens is 1. The molecule has 0 fully saturated rings. The molecule has 0 bridgehead atoms. The Morgan fingerprint density at radius 1 is 1.00 bits per heavy atom. The van der Waals surface area contributed by atoms with E-state index in [9.17, 15) is 8.42 Å². The van der Waals surface area contributed by atoms with Crippen LogP contribution in [0.2, 0.25) is 0 Å². The van der Waals surface area contributed by atoms with E-state index in [0.717, 1.165) is 10.8 Å². The highest BCUT2D eigenvalue weighted by Gasteiger charge is 2.09. The molecule has 0 atom stereocenters. The Balaban J connectivity index is 0.000000312. The molecule has 0 radical (unpaired) electrons. The average molecular weight is 326 g/mol. The standard InChI is InChI=1S/C9H6ClNO2S.H2O4S/c10-14(12,13)9-2-1-8-6-11-4-3-7(8)5-9;1-5(2,3)4/h1-6H;(H2,1,2,3,4). The van der Waals surface area contributed by atoms with Gasteiger partial charge < -0.3 is 0 Å². The average Bonchev–Trinajstić information content (AvgIpc) is 2.25. The summed E-state index contributed by atoms with van der Waals surface area (Å²) >= 11 is 0. The molecular formula is C9H8ClNO6S2. The van der Waals surface area contributed by atoms with Gasteiger partial charge in [-0.15, -0.1) is 0 Å². The normalized spacial score (nSPS) is 11.7. The summed E-state index contributed by atoms with van der Waals surface area (Å²) in [5.74, 6) is 0. The van der Waals surface area contributed by atoms with Crippen LogP contribution in [0.1, 0.15) is 0 Å². The molecule has 0 spiro atoms. The van der Waals surface area contributed by atoms with Gasteiger partial charge in [0.15, 0.2) is 0 Å². The van der Waals surface area contributed by atoms with Crippen molar-refractivity contribution in [2.75, 3.05) is 0 Å². The minimum absolute atomic E-state index is 0.109. The number of fused-ring (bicyclic) bond motifs is 1. The van der Waals surface area contributed by atoms with Crippen molar-refractivity contribution in [3.05, 3.63) is 36.7 Å². The van der Waals surface area contributed by atoms with E-state index in [0.29, 0.717) is 0 Å². The molecule has 2 N–H and O–H groups in total. The lowest BCUT2D eigenvalue weighted by Gasteiger charge is -1.98. The summed E-state index contributed by atoms with van der Waals surface area (Å²) in [6.45, 7) is 0. The van der Waals surface area contributed by atoms with Crippen molar-refractivity contribution in [3.8, 4) is 0 Å². The summed E-state index contributed by atoms with van der Waals surface area (Å²) in [5, 5.41) is 1.69.